The fourth-order valence-corrected chi connectivity index (χ4v) is 5.95. The maximum Gasteiger partial charge on any atom is 0.246 e. The number of anilines is 1. The Labute approximate surface area is 172 Å². The maximum atomic E-state index is 13.3. The summed E-state index contributed by atoms with van der Waals surface area (Å²) in [6.07, 6.45) is 1.05. The molecular weight excluding hydrogens is 412 g/mol. The number of hydrogen-bond donors (Lipinski definition) is 1. The van der Waals surface area contributed by atoms with Gasteiger partial charge in [0, 0.05) is 6.54 Å². The number of sulfonamides is 1. The second-order valence-electron chi connectivity index (χ2n) is 6.85. The molecule has 0 saturated carbocycles. The molecule has 2 heterocycles. The average Bonchev–Trinajstić information content (AvgIpc) is 3.37. The third-order valence-electron chi connectivity index (χ3n) is 4.95. The highest BCUT2D eigenvalue weighted by Crippen LogP contribution is 2.31. The molecule has 1 saturated heterocycles. The Morgan fingerprint density at radius 3 is 2.90 bits per heavy atom. The Balaban J connectivity index is 1.65. The molecule has 29 heavy (non-hydrogen) atoms. The smallest absolute Gasteiger partial charge is 0.246 e. The fourth-order valence-electron chi connectivity index (χ4n) is 3.54. The predicted molar refractivity (Wildman–Crippen MR) is 111 cm³/mol. The number of nitrogens with zero attached hydrogens (tertiary/aromatic N) is 3. The number of benzene rings is 2. The summed E-state index contributed by atoms with van der Waals surface area (Å²) in [6.45, 7) is 2.18. The number of methoxy groups -OCH3 is 1. The van der Waals surface area contributed by atoms with Crippen molar-refractivity contribution < 1.29 is 17.9 Å². The zero-order chi connectivity index (χ0) is 20.6. The van der Waals surface area contributed by atoms with Gasteiger partial charge in [0.1, 0.15) is 27.7 Å². The van der Waals surface area contributed by atoms with Gasteiger partial charge in [-0.25, -0.2) is 8.42 Å². The topological polar surface area (TPSA) is 101 Å². The van der Waals surface area contributed by atoms with E-state index in [0.29, 0.717) is 35.3 Å². The first-order valence-electron chi connectivity index (χ1n) is 9.10. The quantitative estimate of drug-likeness (QED) is 0.665. The van der Waals surface area contributed by atoms with Crippen molar-refractivity contribution in [1.82, 2.24) is 13.1 Å². The molecule has 0 spiro atoms. The molecule has 1 aliphatic heterocycles. The molecule has 0 radical (unpaired) electrons. The summed E-state index contributed by atoms with van der Waals surface area (Å²) in [4.78, 5) is 13.1. The third kappa shape index (κ3) is 3.59. The van der Waals surface area contributed by atoms with Crippen LogP contribution in [0.15, 0.2) is 41.3 Å². The number of aryl methyl sites for hydroxylation is 1. The van der Waals surface area contributed by atoms with Crippen LogP contribution in [0, 0.1) is 6.92 Å². The van der Waals surface area contributed by atoms with E-state index in [1.165, 1.54) is 17.5 Å². The number of carbonyl (C=O) groups excluding carboxylic acids is 1. The number of rotatable bonds is 5. The van der Waals surface area contributed by atoms with Crippen molar-refractivity contribution in [3.05, 3.63) is 42.0 Å². The largest absolute Gasteiger partial charge is 0.495 e. The summed E-state index contributed by atoms with van der Waals surface area (Å²) in [6, 6.07) is 9.51. The molecular formula is C19H20N4O4S2. The van der Waals surface area contributed by atoms with Crippen molar-refractivity contribution in [3.63, 3.8) is 0 Å². The minimum atomic E-state index is -3.90. The number of fused-ring (bicyclic) bond motifs is 1. The van der Waals surface area contributed by atoms with E-state index in [0.717, 1.165) is 17.3 Å². The number of carbonyl (C=O) groups is 1. The summed E-state index contributed by atoms with van der Waals surface area (Å²) < 4.78 is 41.5. The van der Waals surface area contributed by atoms with Crippen molar-refractivity contribution in [1.29, 1.82) is 0 Å². The lowest BCUT2D eigenvalue weighted by Gasteiger charge is -2.24. The van der Waals surface area contributed by atoms with Gasteiger partial charge in [-0.2, -0.15) is 13.1 Å². The molecule has 0 unspecified atom stereocenters. The Bertz CT molecular complexity index is 1180. The molecule has 1 aromatic heterocycles. The van der Waals surface area contributed by atoms with Crippen LogP contribution in [-0.2, 0) is 14.8 Å². The fraction of sp³-hybridized carbons (Fsp3) is 0.316. The molecule has 1 atom stereocenters. The van der Waals surface area contributed by atoms with Crippen LogP contribution in [-0.4, -0.2) is 47.1 Å². The lowest BCUT2D eigenvalue weighted by atomic mass is 10.1. The minimum Gasteiger partial charge on any atom is -0.495 e. The maximum absolute atomic E-state index is 13.3. The van der Waals surface area contributed by atoms with E-state index in [9.17, 15) is 13.2 Å². The molecule has 152 valence electrons. The first kappa shape index (κ1) is 19.7. The number of hydrogen-bond acceptors (Lipinski definition) is 7. The molecule has 8 nitrogen and oxygen atoms in total. The van der Waals surface area contributed by atoms with Gasteiger partial charge in [0.05, 0.1) is 24.5 Å². The third-order valence-corrected chi connectivity index (χ3v) is 7.44. The highest BCUT2D eigenvalue weighted by molar-refractivity contribution is 7.89. The number of aromatic nitrogens is 2. The molecule has 0 aliphatic carbocycles. The summed E-state index contributed by atoms with van der Waals surface area (Å²) in [5.74, 6) is 0.147. The van der Waals surface area contributed by atoms with Gasteiger partial charge in [-0.1, -0.05) is 12.1 Å². The molecule has 1 N–H and O–H groups in total. The van der Waals surface area contributed by atoms with Crippen LogP contribution < -0.4 is 10.1 Å². The van der Waals surface area contributed by atoms with E-state index >= 15 is 0 Å². The first-order valence-corrected chi connectivity index (χ1v) is 11.3. The number of nitrogens with one attached hydrogen (secondary N) is 1. The van der Waals surface area contributed by atoms with Gasteiger partial charge in [-0.15, -0.1) is 0 Å². The molecule has 1 fully saturated rings. The van der Waals surface area contributed by atoms with Gasteiger partial charge in [0.15, 0.2) is 0 Å². The standard InChI is InChI=1S/C19H20N4O4S2/c1-12-8-9-16(27-2)14(11-12)20-19(24)15-6-4-10-23(15)29(25,26)17-7-3-5-13-18(17)22-28-21-13/h3,5,7-9,11,15H,4,6,10H2,1-2H3,(H,20,24)/t15-/m0/s1. The summed E-state index contributed by atoms with van der Waals surface area (Å²) in [5, 5.41) is 2.83. The van der Waals surface area contributed by atoms with Crippen LogP contribution in [0.3, 0.4) is 0 Å². The molecule has 1 amide bonds. The van der Waals surface area contributed by atoms with Crippen molar-refractivity contribution in [3.8, 4) is 5.75 Å². The van der Waals surface area contributed by atoms with E-state index in [2.05, 4.69) is 14.1 Å². The SMILES string of the molecule is COc1ccc(C)cc1NC(=O)[C@@H]1CCCN1S(=O)(=O)c1cccc2nsnc12. The molecule has 3 aromatic rings. The molecule has 2 aromatic carbocycles. The van der Waals surface area contributed by atoms with Crippen LogP contribution in [0.25, 0.3) is 11.0 Å². The monoisotopic (exact) mass is 432 g/mol. The molecule has 10 heteroatoms. The number of amides is 1. The predicted octanol–water partition coefficient (Wildman–Crippen LogP) is 2.80. The van der Waals surface area contributed by atoms with Gasteiger partial charge in [0.2, 0.25) is 15.9 Å². The van der Waals surface area contributed by atoms with Crippen LogP contribution >= 0.6 is 11.7 Å². The van der Waals surface area contributed by atoms with Gasteiger partial charge in [-0.3, -0.25) is 4.79 Å². The molecule has 4 rings (SSSR count). The second-order valence-corrected chi connectivity index (χ2v) is 9.24. The highest BCUT2D eigenvalue weighted by Gasteiger charge is 2.40. The highest BCUT2D eigenvalue weighted by atomic mass is 32.2. The van der Waals surface area contributed by atoms with Crippen LogP contribution in [0.5, 0.6) is 5.75 Å². The van der Waals surface area contributed by atoms with E-state index in [1.54, 1.807) is 24.3 Å². The zero-order valence-corrected chi connectivity index (χ0v) is 17.6. The van der Waals surface area contributed by atoms with Gasteiger partial charge < -0.3 is 10.1 Å². The van der Waals surface area contributed by atoms with Crippen molar-refractivity contribution in [2.24, 2.45) is 0 Å². The van der Waals surface area contributed by atoms with E-state index in [4.69, 9.17) is 4.74 Å². The Hall–Kier alpha value is -2.56. The van der Waals surface area contributed by atoms with E-state index in [1.807, 2.05) is 13.0 Å². The average molecular weight is 433 g/mol. The van der Waals surface area contributed by atoms with Gasteiger partial charge in [-0.05, 0) is 49.6 Å². The van der Waals surface area contributed by atoms with Crippen molar-refractivity contribution in [2.45, 2.75) is 30.7 Å². The number of ether oxygens (including phenoxy) is 1. The van der Waals surface area contributed by atoms with Crippen LogP contribution in [0.4, 0.5) is 5.69 Å². The lowest BCUT2D eigenvalue weighted by molar-refractivity contribution is -0.119. The minimum absolute atomic E-state index is 0.0802. The second kappa shape index (κ2) is 7.69. The first-order chi connectivity index (χ1) is 13.9. The Kier molecular flexibility index (Phi) is 5.24. The normalized spacial score (nSPS) is 17.5. The lowest BCUT2D eigenvalue weighted by Crippen LogP contribution is -2.43. The zero-order valence-electron chi connectivity index (χ0n) is 16.0. The van der Waals surface area contributed by atoms with E-state index < -0.39 is 16.1 Å². The summed E-state index contributed by atoms with van der Waals surface area (Å²) in [5.41, 5.74) is 2.34. The van der Waals surface area contributed by atoms with Crippen LogP contribution in [0.2, 0.25) is 0 Å². The Morgan fingerprint density at radius 1 is 1.28 bits per heavy atom. The van der Waals surface area contributed by atoms with Crippen LogP contribution in [0.1, 0.15) is 18.4 Å². The van der Waals surface area contributed by atoms with E-state index in [-0.39, 0.29) is 17.3 Å². The Morgan fingerprint density at radius 2 is 2.10 bits per heavy atom. The summed E-state index contributed by atoms with van der Waals surface area (Å²) >= 11 is 0.964. The van der Waals surface area contributed by atoms with Crippen molar-refractivity contribution >= 4 is 44.4 Å². The molecule has 0 bridgehead atoms. The van der Waals surface area contributed by atoms with Gasteiger partial charge in [0.25, 0.3) is 0 Å². The van der Waals surface area contributed by atoms with Crippen molar-refractivity contribution in [2.75, 3.05) is 19.0 Å². The molecule has 1 aliphatic rings. The van der Waals surface area contributed by atoms with Gasteiger partial charge >= 0.3 is 0 Å². The summed E-state index contributed by atoms with van der Waals surface area (Å²) in [7, 11) is -2.38.